The molecule has 1 heterocycles. The smallest absolute Gasteiger partial charge is 0.119 e. The van der Waals surface area contributed by atoms with Crippen LogP contribution < -0.4 is 10.1 Å². The van der Waals surface area contributed by atoms with Crippen molar-refractivity contribution in [1.29, 1.82) is 0 Å². The first-order valence-corrected chi connectivity index (χ1v) is 8.22. The molecule has 1 N–H and O–H groups in total. The highest BCUT2D eigenvalue weighted by Crippen LogP contribution is 2.15. The highest BCUT2D eigenvalue weighted by molar-refractivity contribution is 5.28. The van der Waals surface area contributed by atoms with Crippen molar-refractivity contribution in [1.82, 2.24) is 10.2 Å². The summed E-state index contributed by atoms with van der Waals surface area (Å²) >= 11 is 0. The van der Waals surface area contributed by atoms with Crippen LogP contribution in [0.5, 0.6) is 5.75 Å². The average Bonchev–Trinajstić information content (AvgIpc) is 2.46. The van der Waals surface area contributed by atoms with Crippen LogP contribution in [0.25, 0.3) is 0 Å². The summed E-state index contributed by atoms with van der Waals surface area (Å²) < 4.78 is 5.91. The van der Waals surface area contributed by atoms with Crippen molar-refractivity contribution in [3.05, 3.63) is 29.8 Å². The maximum atomic E-state index is 5.91. The van der Waals surface area contributed by atoms with E-state index in [1.54, 1.807) is 0 Å². The summed E-state index contributed by atoms with van der Waals surface area (Å²) in [6, 6.07) is 8.43. The molecule has 0 atom stereocenters. The minimum absolute atomic E-state index is 0.144. The lowest BCUT2D eigenvalue weighted by molar-refractivity contribution is 0.183. The number of hydrogen-bond donors (Lipinski definition) is 1. The third kappa shape index (κ3) is 6.49. The number of likely N-dealkylation sites (tertiary alicyclic amines) is 1. The van der Waals surface area contributed by atoms with Gasteiger partial charge in [0.1, 0.15) is 12.4 Å². The molecule has 1 aliphatic heterocycles. The number of benzene rings is 1. The molecule has 2 rings (SSSR count). The quantitative estimate of drug-likeness (QED) is 0.868. The summed E-state index contributed by atoms with van der Waals surface area (Å²) in [6.45, 7) is 11.7. The van der Waals surface area contributed by atoms with Gasteiger partial charge < -0.3 is 10.1 Å². The van der Waals surface area contributed by atoms with E-state index in [9.17, 15) is 0 Å². The van der Waals surface area contributed by atoms with Gasteiger partial charge in [0, 0.05) is 18.6 Å². The van der Waals surface area contributed by atoms with E-state index < -0.39 is 0 Å². The summed E-state index contributed by atoms with van der Waals surface area (Å²) in [7, 11) is 0. The van der Waals surface area contributed by atoms with Gasteiger partial charge in [0.2, 0.25) is 0 Å². The van der Waals surface area contributed by atoms with Crippen LogP contribution in [0.1, 0.15) is 45.6 Å². The maximum absolute atomic E-state index is 5.91. The summed E-state index contributed by atoms with van der Waals surface area (Å²) in [5.74, 6) is 0.986. The van der Waals surface area contributed by atoms with Crippen LogP contribution >= 0.6 is 0 Å². The molecule has 118 valence electrons. The van der Waals surface area contributed by atoms with Gasteiger partial charge in [-0.05, 0) is 64.4 Å². The number of nitrogens with one attached hydrogen (secondary N) is 1. The number of piperidine rings is 1. The molecule has 1 aromatic rings. The second kappa shape index (κ2) is 7.81. The van der Waals surface area contributed by atoms with Gasteiger partial charge in [0.25, 0.3) is 0 Å². The minimum Gasteiger partial charge on any atom is -0.492 e. The Labute approximate surface area is 129 Å². The van der Waals surface area contributed by atoms with Gasteiger partial charge in [-0.3, -0.25) is 4.90 Å². The number of hydrogen-bond acceptors (Lipinski definition) is 3. The second-order valence-electron chi connectivity index (χ2n) is 7.00. The molecule has 0 saturated carbocycles. The molecule has 0 bridgehead atoms. The van der Waals surface area contributed by atoms with Crippen LogP contribution in [0, 0.1) is 0 Å². The Kier molecular flexibility index (Phi) is 6.07. The fourth-order valence-corrected chi connectivity index (χ4v) is 2.59. The van der Waals surface area contributed by atoms with E-state index in [2.05, 4.69) is 55.3 Å². The Morgan fingerprint density at radius 3 is 2.62 bits per heavy atom. The highest BCUT2D eigenvalue weighted by atomic mass is 16.5. The zero-order valence-corrected chi connectivity index (χ0v) is 13.8. The van der Waals surface area contributed by atoms with Crippen LogP contribution in [0.15, 0.2) is 24.3 Å². The van der Waals surface area contributed by atoms with Crippen molar-refractivity contribution in [3.63, 3.8) is 0 Å². The topological polar surface area (TPSA) is 24.5 Å². The van der Waals surface area contributed by atoms with E-state index in [1.807, 2.05) is 0 Å². The summed E-state index contributed by atoms with van der Waals surface area (Å²) in [5, 5.41) is 3.51. The zero-order chi connectivity index (χ0) is 15.1. The fraction of sp³-hybridized carbons (Fsp3) is 0.667. The van der Waals surface area contributed by atoms with Crippen LogP contribution in [0.4, 0.5) is 0 Å². The third-order valence-electron chi connectivity index (χ3n) is 3.85. The normalized spacial score (nSPS) is 16.9. The van der Waals surface area contributed by atoms with Crippen molar-refractivity contribution in [3.8, 4) is 5.75 Å². The molecule has 3 nitrogen and oxygen atoms in total. The van der Waals surface area contributed by atoms with Gasteiger partial charge in [-0.2, -0.15) is 0 Å². The van der Waals surface area contributed by atoms with E-state index in [-0.39, 0.29) is 5.54 Å². The predicted molar refractivity (Wildman–Crippen MR) is 88.8 cm³/mol. The Morgan fingerprint density at radius 1 is 1.14 bits per heavy atom. The van der Waals surface area contributed by atoms with Gasteiger partial charge in [-0.15, -0.1) is 0 Å². The van der Waals surface area contributed by atoms with Crippen molar-refractivity contribution in [2.45, 2.75) is 52.1 Å². The second-order valence-corrected chi connectivity index (χ2v) is 7.00. The highest BCUT2D eigenvalue weighted by Gasteiger charge is 2.10. The van der Waals surface area contributed by atoms with Gasteiger partial charge in [0.05, 0.1) is 0 Å². The number of rotatable bonds is 6. The number of ether oxygens (including phenoxy) is 1. The van der Waals surface area contributed by atoms with Crippen LogP contribution in [-0.2, 0) is 6.54 Å². The van der Waals surface area contributed by atoms with Gasteiger partial charge in [0.15, 0.2) is 0 Å². The molecule has 21 heavy (non-hydrogen) atoms. The molecule has 1 aliphatic rings. The largest absolute Gasteiger partial charge is 0.492 e. The molecule has 1 aromatic carbocycles. The Hall–Kier alpha value is -1.06. The molecule has 0 aliphatic carbocycles. The molecular formula is C18H30N2O. The lowest BCUT2D eigenvalue weighted by Gasteiger charge is -2.26. The predicted octanol–water partition coefficient (Wildman–Crippen LogP) is 3.44. The van der Waals surface area contributed by atoms with Crippen molar-refractivity contribution >= 4 is 0 Å². The first kappa shape index (κ1) is 16.3. The molecule has 0 spiro atoms. The summed E-state index contributed by atoms with van der Waals surface area (Å²) in [4.78, 5) is 2.51. The third-order valence-corrected chi connectivity index (χ3v) is 3.85. The van der Waals surface area contributed by atoms with Crippen molar-refractivity contribution < 1.29 is 4.74 Å². The van der Waals surface area contributed by atoms with Crippen molar-refractivity contribution in [2.24, 2.45) is 0 Å². The lowest BCUT2D eigenvalue weighted by Crippen LogP contribution is -2.35. The van der Waals surface area contributed by atoms with Crippen LogP contribution in [-0.4, -0.2) is 36.7 Å². The van der Waals surface area contributed by atoms with Crippen LogP contribution in [0.3, 0.4) is 0 Å². The minimum atomic E-state index is 0.144. The fourth-order valence-electron chi connectivity index (χ4n) is 2.59. The van der Waals surface area contributed by atoms with Gasteiger partial charge in [-0.1, -0.05) is 18.6 Å². The lowest BCUT2D eigenvalue weighted by atomic mass is 10.1. The van der Waals surface area contributed by atoms with E-state index >= 15 is 0 Å². The molecule has 0 amide bonds. The Balaban J connectivity index is 1.75. The van der Waals surface area contributed by atoms with Crippen LogP contribution in [0.2, 0.25) is 0 Å². The molecule has 0 unspecified atom stereocenters. The van der Waals surface area contributed by atoms with Gasteiger partial charge >= 0.3 is 0 Å². The van der Waals surface area contributed by atoms with Gasteiger partial charge in [-0.25, -0.2) is 0 Å². The van der Waals surface area contributed by atoms with E-state index in [1.165, 1.54) is 37.9 Å². The standard InChI is InChI=1S/C18H30N2O/c1-18(2,3)19-15-16-8-7-9-17(14-16)21-13-12-20-10-5-4-6-11-20/h7-9,14,19H,4-6,10-13,15H2,1-3H3. The number of nitrogens with zero attached hydrogens (tertiary/aromatic N) is 1. The SMILES string of the molecule is CC(C)(C)NCc1cccc(OCCN2CCCCC2)c1. The van der Waals surface area contributed by atoms with E-state index in [4.69, 9.17) is 4.74 Å². The van der Waals surface area contributed by atoms with E-state index in [0.717, 1.165) is 25.4 Å². The van der Waals surface area contributed by atoms with Crippen molar-refractivity contribution in [2.75, 3.05) is 26.2 Å². The first-order valence-electron chi connectivity index (χ1n) is 8.22. The molecule has 0 radical (unpaired) electrons. The molecule has 1 fully saturated rings. The Bertz CT molecular complexity index is 419. The monoisotopic (exact) mass is 290 g/mol. The molecule has 0 aromatic heterocycles. The average molecular weight is 290 g/mol. The molecule has 3 heteroatoms. The molecular weight excluding hydrogens is 260 g/mol. The first-order chi connectivity index (χ1) is 10.0. The summed E-state index contributed by atoms with van der Waals surface area (Å²) in [6.07, 6.45) is 4.07. The summed E-state index contributed by atoms with van der Waals surface area (Å²) in [5.41, 5.74) is 1.42. The zero-order valence-electron chi connectivity index (χ0n) is 13.8. The van der Waals surface area contributed by atoms with E-state index in [0.29, 0.717) is 0 Å². The molecule has 1 saturated heterocycles. The maximum Gasteiger partial charge on any atom is 0.119 e. The Morgan fingerprint density at radius 2 is 1.90 bits per heavy atom.